The van der Waals surface area contributed by atoms with Crippen LogP contribution in [0.25, 0.3) is 0 Å². The Hall–Kier alpha value is -1.09. The molecule has 1 heterocycles. The molecule has 1 fully saturated rings. The maximum atomic E-state index is 11.8. The maximum absolute atomic E-state index is 11.8. The first-order chi connectivity index (χ1) is 8.15. The molecule has 0 atom stereocenters. The summed E-state index contributed by atoms with van der Waals surface area (Å²) >= 11 is 5.80. The zero-order valence-electron chi connectivity index (χ0n) is 9.86. The van der Waals surface area contributed by atoms with Gasteiger partial charge < -0.3 is 4.74 Å². The van der Waals surface area contributed by atoms with E-state index in [1.807, 2.05) is 0 Å². The minimum Gasteiger partial charge on any atom is -0.458 e. The third kappa shape index (κ3) is 3.43. The largest absolute Gasteiger partial charge is 0.458 e. The van der Waals surface area contributed by atoms with Crippen LogP contribution in [0.2, 0.25) is 5.02 Å². The first-order valence-electron chi connectivity index (χ1n) is 5.97. The molecule has 4 heteroatoms. The van der Waals surface area contributed by atoms with Gasteiger partial charge in [0.05, 0.1) is 0 Å². The highest BCUT2D eigenvalue weighted by Gasteiger charge is 2.22. The summed E-state index contributed by atoms with van der Waals surface area (Å²) < 4.78 is 5.42. The first-order valence-corrected chi connectivity index (χ1v) is 6.35. The molecule has 0 bridgehead atoms. The van der Waals surface area contributed by atoms with E-state index in [9.17, 15) is 4.79 Å². The molecule has 0 unspecified atom stereocenters. The molecule has 0 aromatic carbocycles. The molecule has 0 amide bonds. The van der Waals surface area contributed by atoms with Crippen LogP contribution in [0.15, 0.2) is 18.3 Å². The number of pyridine rings is 1. The Bertz CT molecular complexity index is 400. The van der Waals surface area contributed by atoms with Crippen molar-refractivity contribution in [3.63, 3.8) is 0 Å². The zero-order valence-corrected chi connectivity index (χ0v) is 10.6. The molecule has 1 aliphatic rings. The molecular weight excluding hydrogens is 238 g/mol. The van der Waals surface area contributed by atoms with Crippen LogP contribution in [0.5, 0.6) is 0 Å². The van der Waals surface area contributed by atoms with E-state index in [4.69, 9.17) is 16.3 Å². The highest BCUT2D eigenvalue weighted by molar-refractivity contribution is 6.30. The Labute approximate surface area is 106 Å². The SMILES string of the molecule is CC1CCC(OC(=O)c2cc(Cl)ccn2)CC1. The number of esters is 1. The Morgan fingerprint density at radius 1 is 1.41 bits per heavy atom. The molecule has 1 aliphatic carbocycles. The number of ether oxygens (including phenoxy) is 1. The minimum atomic E-state index is -0.368. The van der Waals surface area contributed by atoms with E-state index in [0.717, 1.165) is 31.6 Å². The van der Waals surface area contributed by atoms with Gasteiger partial charge in [0.15, 0.2) is 0 Å². The molecule has 92 valence electrons. The average molecular weight is 254 g/mol. The van der Waals surface area contributed by atoms with Crippen molar-refractivity contribution in [1.29, 1.82) is 0 Å². The van der Waals surface area contributed by atoms with Gasteiger partial charge in [-0.3, -0.25) is 0 Å². The maximum Gasteiger partial charge on any atom is 0.357 e. The summed E-state index contributed by atoms with van der Waals surface area (Å²) in [5.74, 6) is 0.376. The van der Waals surface area contributed by atoms with Gasteiger partial charge in [-0.2, -0.15) is 0 Å². The van der Waals surface area contributed by atoms with Gasteiger partial charge >= 0.3 is 5.97 Å². The minimum absolute atomic E-state index is 0.0412. The van der Waals surface area contributed by atoms with Crippen LogP contribution in [0.3, 0.4) is 0 Å². The van der Waals surface area contributed by atoms with Gasteiger partial charge in [0, 0.05) is 11.2 Å². The quantitative estimate of drug-likeness (QED) is 0.758. The normalized spacial score (nSPS) is 24.4. The zero-order chi connectivity index (χ0) is 12.3. The number of rotatable bonds is 2. The lowest BCUT2D eigenvalue weighted by Gasteiger charge is -2.25. The summed E-state index contributed by atoms with van der Waals surface area (Å²) in [5.41, 5.74) is 0.288. The first kappa shape index (κ1) is 12.4. The van der Waals surface area contributed by atoms with Gasteiger partial charge in [-0.1, -0.05) is 18.5 Å². The molecule has 17 heavy (non-hydrogen) atoms. The Morgan fingerprint density at radius 3 is 2.76 bits per heavy atom. The average Bonchev–Trinajstić information content (AvgIpc) is 2.32. The number of halogens is 1. The van der Waals surface area contributed by atoms with Crippen LogP contribution in [0, 0.1) is 5.92 Å². The lowest BCUT2D eigenvalue weighted by atomic mass is 9.89. The van der Waals surface area contributed by atoms with E-state index in [-0.39, 0.29) is 17.8 Å². The van der Waals surface area contributed by atoms with E-state index in [1.54, 1.807) is 6.07 Å². The lowest BCUT2D eigenvalue weighted by molar-refractivity contribution is 0.0167. The smallest absolute Gasteiger partial charge is 0.357 e. The van der Waals surface area contributed by atoms with E-state index < -0.39 is 0 Å². The van der Waals surface area contributed by atoms with Gasteiger partial charge in [0.25, 0.3) is 0 Å². The summed E-state index contributed by atoms with van der Waals surface area (Å²) in [4.78, 5) is 15.8. The second kappa shape index (κ2) is 5.50. The summed E-state index contributed by atoms with van der Waals surface area (Å²) in [6.45, 7) is 2.23. The number of aromatic nitrogens is 1. The van der Waals surface area contributed by atoms with Crippen LogP contribution < -0.4 is 0 Å². The fraction of sp³-hybridized carbons (Fsp3) is 0.538. The molecule has 0 N–H and O–H groups in total. The molecule has 0 saturated heterocycles. The molecule has 0 spiro atoms. The fourth-order valence-electron chi connectivity index (χ4n) is 2.08. The third-order valence-corrected chi connectivity index (χ3v) is 3.40. The molecule has 0 aliphatic heterocycles. The van der Waals surface area contributed by atoms with Gasteiger partial charge in [-0.15, -0.1) is 0 Å². The Kier molecular flexibility index (Phi) is 4.00. The molecule has 2 rings (SSSR count). The van der Waals surface area contributed by atoms with Gasteiger partial charge in [-0.25, -0.2) is 9.78 Å². The predicted octanol–water partition coefficient (Wildman–Crippen LogP) is 3.47. The molecule has 1 saturated carbocycles. The highest BCUT2D eigenvalue weighted by atomic mass is 35.5. The Balaban J connectivity index is 1.93. The second-order valence-corrected chi connectivity index (χ2v) is 5.08. The van der Waals surface area contributed by atoms with Crippen molar-refractivity contribution in [2.45, 2.75) is 38.7 Å². The molecule has 1 aromatic heterocycles. The van der Waals surface area contributed by atoms with Crippen LogP contribution in [-0.4, -0.2) is 17.1 Å². The summed E-state index contributed by atoms with van der Waals surface area (Å²) in [7, 11) is 0. The fourth-order valence-corrected chi connectivity index (χ4v) is 2.24. The van der Waals surface area contributed by atoms with Crippen molar-refractivity contribution in [3.8, 4) is 0 Å². The number of hydrogen-bond acceptors (Lipinski definition) is 3. The molecule has 0 radical (unpaired) electrons. The molecular formula is C13H16ClNO2. The third-order valence-electron chi connectivity index (χ3n) is 3.17. The molecule has 3 nitrogen and oxygen atoms in total. The van der Waals surface area contributed by atoms with Gasteiger partial charge in [0.2, 0.25) is 0 Å². The number of carbonyl (C=O) groups is 1. The lowest BCUT2D eigenvalue weighted by Crippen LogP contribution is -2.24. The van der Waals surface area contributed by atoms with Gasteiger partial charge in [-0.05, 0) is 43.7 Å². The summed E-state index contributed by atoms with van der Waals surface area (Å²) in [6, 6.07) is 3.18. The second-order valence-electron chi connectivity index (χ2n) is 4.65. The summed E-state index contributed by atoms with van der Waals surface area (Å²) in [5, 5.41) is 0.504. The van der Waals surface area contributed by atoms with Crippen molar-refractivity contribution in [2.75, 3.05) is 0 Å². The summed E-state index contributed by atoms with van der Waals surface area (Å²) in [6.07, 6.45) is 5.71. The van der Waals surface area contributed by atoms with Crippen molar-refractivity contribution < 1.29 is 9.53 Å². The number of hydrogen-bond donors (Lipinski definition) is 0. The van der Waals surface area contributed by atoms with E-state index >= 15 is 0 Å². The highest BCUT2D eigenvalue weighted by Crippen LogP contribution is 2.26. The van der Waals surface area contributed by atoms with E-state index in [2.05, 4.69) is 11.9 Å². The van der Waals surface area contributed by atoms with Crippen molar-refractivity contribution >= 4 is 17.6 Å². The van der Waals surface area contributed by atoms with E-state index in [1.165, 1.54) is 12.3 Å². The number of nitrogens with zero attached hydrogens (tertiary/aromatic N) is 1. The van der Waals surface area contributed by atoms with Crippen molar-refractivity contribution in [1.82, 2.24) is 4.98 Å². The number of carbonyl (C=O) groups excluding carboxylic acids is 1. The van der Waals surface area contributed by atoms with Crippen LogP contribution in [0.1, 0.15) is 43.1 Å². The topological polar surface area (TPSA) is 39.2 Å². The standard InChI is InChI=1S/C13H16ClNO2/c1-9-2-4-11(5-3-9)17-13(16)12-8-10(14)6-7-15-12/h6-9,11H,2-5H2,1H3. The van der Waals surface area contributed by atoms with Gasteiger partial charge in [0.1, 0.15) is 11.8 Å². The van der Waals surface area contributed by atoms with Crippen LogP contribution >= 0.6 is 11.6 Å². The molecule has 1 aromatic rings. The predicted molar refractivity (Wildman–Crippen MR) is 66.1 cm³/mol. The van der Waals surface area contributed by atoms with Crippen LogP contribution in [-0.2, 0) is 4.74 Å². The van der Waals surface area contributed by atoms with Crippen LogP contribution in [0.4, 0.5) is 0 Å². The Morgan fingerprint density at radius 2 is 2.12 bits per heavy atom. The van der Waals surface area contributed by atoms with Crippen molar-refractivity contribution in [2.24, 2.45) is 5.92 Å². The van der Waals surface area contributed by atoms with E-state index in [0.29, 0.717) is 5.02 Å². The monoisotopic (exact) mass is 253 g/mol. The van der Waals surface area contributed by atoms with Crippen molar-refractivity contribution in [3.05, 3.63) is 29.0 Å².